The van der Waals surface area contributed by atoms with E-state index >= 15 is 0 Å². The topological polar surface area (TPSA) is 82.5 Å². The molecule has 2 N–H and O–H groups in total. The minimum atomic E-state index is -0.280. The fourth-order valence-corrected chi connectivity index (χ4v) is 5.26. The number of amides is 3. The number of nitrogens with zero attached hydrogens (tertiary/aromatic N) is 4. The number of anilines is 1. The molecule has 2 aliphatic rings. The van der Waals surface area contributed by atoms with Crippen LogP contribution in [0.25, 0.3) is 16.6 Å². The Hall–Kier alpha value is -4.17. The molecule has 4 aromatic rings. The van der Waals surface area contributed by atoms with Gasteiger partial charge in [-0.15, -0.1) is 0 Å². The van der Waals surface area contributed by atoms with Gasteiger partial charge >= 0.3 is 6.03 Å². The van der Waals surface area contributed by atoms with Gasteiger partial charge in [-0.25, -0.2) is 4.79 Å². The largest absolute Gasteiger partial charge is 0.335 e. The van der Waals surface area contributed by atoms with Gasteiger partial charge in [0.05, 0.1) is 11.1 Å². The van der Waals surface area contributed by atoms with Crippen LogP contribution in [0.5, 0.6) is 0 Å². The van der Waals surface area contributed by atoms with E-state index in [1.54, 1.807) is 12.4 Å². The Morgan fingerprint density at radius 1 is 0.946 bits per heavy atom. The molecule has 2 aliphatic heterocycles. The van der Waals surface area contributed by atoms with Crippen LogP contribution in [0.2, 0.25) is 0 Å². The number of likely N-dealkylation sites (tertiary alicyclic amines) is 2. The van der Waals surface area contributed by atoms with Crippen molar-refractivity contribution in [2.24, 2.45) is 0 Å². The first-order chi connectivity index (χ1) is 18.2. The predicted molar refractivity (Wildman–Crippen MR) is 144 cm³/mol. The van der Waals surface area contributed by atoms with E-state index in [0.29, 0.717) is 18.3 Å². The van der Waals surface area contributed by atoms with Gasteiger partial charge in [0.2, 0.25) is 0 Å². The van der Waals surface area contributed by atoms with Gasteiger partial charge in [-0.1, -0.05) is 24.3 Å². The Balaban J connectivity index is 1.15. The molecule has 3 amide bonds. The number of aromatic nitrogens is 2. The van der Waals surface area contributed by atoms with Crippen LogP contribution in [0.1, 0.15) is 28.8 Å². The number of nitrogens with one attached hydrogen (secondary N) is 2. The summed E-state index contributed by atoms with van der Waals surface area (Å²) in [6.07, 6.45) is 7.90. The summed E-state index contributed by atoms with van der Waals surface area (Å²) in [5.74, 6) is 0.0916. The lowest BCUT2D eigenvalue weighted by atomic mass is 10.0. The van der Waals surface area contributed by atoms with Crippen LogP contribution in [-0.2, 0) is 6.54 Å². The van der Waals surface area contributed by atoms with Crippen molar-refractivity contribution in [2.75, 3.05) is 31.5 Å². The highest BCUT2D eigenvalue weighted by molar-refractivity contribution is 6.07. The lowest BCUT2D eigenvalue weighted by Crippen LogP contribution is -2.60. The van der Waals surface area contributed by atoms with Crippen LogP contribution < -0.4 is 10.6 Å². The van der Waals surface area contributed by atoms with Gasteiger partial charge in [0, 0.05) is 61.0 Å². The first-order valence-corrected chi connectivity index (χ1v) is 12.8. The maximum atomic E-state index is 13.4. The lowest BCUT2D eigenvalue weighted by molar-refractivity contribution is 0.0336. The molecule has 2 fully saturated rings. The van der Waals surface area contributed by atoms with E-state index in [0.717, 1.165) is 53.9 Å². The van der Waals surface area contributed by atoms with E-state index in [1.807, 2.05) is 76.3 Å². The second-order valence-corrected chi connectivity index (χ2v) is 9.75. The second-order valence-electron chi connectivity index (χ2n) is 9.75. The molecule has 4 heterocycles. The van der Waals surface area contributed by atoms with Gasteiger partial charge in [0.15, 0.2) is 0 Å². The molecule has 0 aliphatic carbocycles. The Bertz CT molecular complexity index is 1400. The molecule has 0 spiro atoms. The quantitative estimate of drug-likeness (QED) is 0.420. The maximum Gasteiger partial charge on any atom is 0.319 e. The molecular weight excluding hydrogens is 464 g/mol. The zero-order valence-corrected chi connectivity index (χ0v) is 20.6. The van der Waals surface area contributed by atoms with Crippen LogP contribution >= 0.6 is 0 Å². The summed E-state index contributed by atoms with van der Waals surface area (Å²) in [6, 6.07) is 19.6. The summed E-state index contributed by atoms with van der Waals surface area (Å²) < 4.78 is 2.05. The van der Waals surface area contributed by atoms with E-state index in [-0.39, 0.29) is 11.9 Å². The summed E-state index contributed by atoms with van der Waals surface area (Å²) in [6.45, 7) is 4.33. The normalized spacial score (nSPS) is 16.1. The minimum absolute atomic E-state index is 0.0916. The van der Waals surface area contributed by atoms with Crippen molar-refractivity contribution < 1.29 is 9.59 Å². The number of fused-ring (bicyclic) bond motifs is 1. The van der Waals surface area contributed by atoms with Crippen molar-refractivity contribution in [2.45, 2.75) is 25.4 Å². The zero-order chi connectivity index (χ0) is 25.2. The Morgan fingerprint density at radius 3 is 2.49 bits per heavy atom. The van der Waals surface area contributed by atoms with Crippen LogP contribution in [-0.4, -0.2) is 63.5 Å². The van der Waals surface area contributed by atoms with E-state index in [4.69, 9.17) is 0 Å². The highest BCUT2D eigenvalue weighted by Gasteiger charge is 2.36. The molecule has 0 saturated carbocycles. The lowest BCUT2D eigenvalue weighted by Gasteiger charge is -2.44. The Labute approximate surface area is 215 Å². The molecule has 37 heavy (non-hydrogen) atoms. The van der Waals surface area contributed by atoms with E-state index in [2.05, 4.69) is 20.5 Å². The van der Waals surface area contributed by atoms with Crippen molar-refractivity contribution in [3.63, 3.8) is 0 Å². The number of carbonyl (C=O) groups excluding carboxylic acids is 2. The molecule has 2 aromatic carbocycles. The maximum absolute atomic E-state index is 13.4. The molecule has 8 nitrogen and oxygen atoms in total. The molecule has 8 heteroatoms. The van der Waals surface area contributed by atoms with Crippen molar-refractivity contribution in [1.29, 1.82) is 0 Å². The third-order valence-corrected chi connectivity index (χ3v) is 7.33. The van der Waals surface area contributed by atoms with E-state index in [1.165, 1.54) is 12.8 Å². The fraction of sp³-hybridized carbons (Fsp3) is 0.276. The van der Waals surface area contributed by atoms with Gasteiger partial charge in [-0.2, -0.15) is 0 Å². The molecule has 2 saturated heterocycles. The summed E-state index contributed by atoms with van der Waals surface area (Å²) in [4.78, 5) is 34.3. The summed E-state index contributed by atoms with van der Waals surface area (Å²) in [5, 5.41) is 6.65. The SMILES string of the molecule is O=C(NCc1cccnc1)Nc1ccc(-n2cc(C(=O)N3CC(N4CCCC4)C3)c3ccccc32)cc1. The third-order valence-electron chi connectivity index (χ3n) is 7.33. The van der Waals surface area contributed by atoms with Gasteiger partial charge in [-0.05, 0) is 67.9 Å². The van der Waals surface area contributed by atoms with Gasteiger partial charge in [0.1, 0.15) is 0 Å². The molecule has 188 valence electrons. The Kier molecular flexibility index (Phi) is 6.32. The number of hydrogen-bond acceptors (Lipinski definition) is 4. The second kappa shape index (κ2) is 10.1. The van der Waals surface area contributed by atoms with Gasteiger partial charge < -0.3 is 20.1 Å². The molecular formula is C29H30N6O2. The number of carbonyl (C=O) groups is 2. The molecule has 0 bridgehead atoms. The zero-order valence-electron chi connectivity index (χ0n) is 20.6. The van der Waals surface area contributed by atoms with Crippen molar-refractivity contribution >= 4 is 28.5 Å². The number of urea groups is 1. The number of rotatable bonds is 6. The average Bonchev–Trinajstić information content (AvgIpc) is 3.56. The molecule has 6 rings (SSSR count). The number of benzene rings is 2. The van der Waals surface area contributed by atoms with Crippen molar-refractivity contribution in [1.82, 2.24) is 24.7 Å². The van der Waals surface area contributed by atoms with Crippen LogP contribution in [0.4, 0.5) is 10.5 Å². The first kappa shape index (κ1) is 23.2. The average molecular weight is 495 g/mol. The summed E-state index contributed by atoms with van der Waals surface area (Å²) in [7, 11) is 0. The van der Waals surface area contributed by atoms with Crippen LogP contribution in [0, 0.1) is 0 Å². The Morgan fingerprint density at radius 2 is 1.73 bits per heavy atom. The minimum Gasteiger partial charge on any atom is -0.335 e. The highest BCUT2D eigenvalue weighted by atomic mass is 16.2. The van der Waals surface area contributed by atoms with Crippen molar-refractivity contribution in [3.8, 4) is 5.69 Å². The summed E-state index contributed by atoms with van der Waals surface area (Å²) in [5.41, 5.74) is 4.26. The van der Waals surface area contributed by atoms with Crippen LogP contribution in [0.3, 0.4) is 0 Å². The van der Waals surface area contributed by atoms with Gasteiger partial charge in [0.25, 0.3) is 5.91 Å². The van der Waals surface area contributed by atoms with Crippen molar-refractivity contribution in [3.05, 3.63) is 90.4 Å². The molecule has 0 radical (unpaired) electrons. The summed E-state index contributed by atoms with van der Waals surface area (Å²) >= 11 is 0. The number of hydrogen-bond donors (Lipinski definition) is 2. The first-order valence-electron chi connectivity index (χ1n) is 12.8. The fourth-order valence-electron chi connectivity index (χ4n) is 5.26. The molecule has 2 aromatic heterocycles. The molecule has 0 atom stereocenters. The van der Waals surface area contributed by atoms with Crippen LogP contribution in [0.15, 0.2) is 79.3 Å². The third kappa shape index (κ3) is 4.80. The highest BCUT2D eigenvalue weighted by Crippen LogP contribution is 2.29. The van der Waals surface area contributed by atoms with E-state index in [9.17, 15) is 9.59 Å². The number of para-hydroxylation sites is 1. The van der Waals surface area contributed by atoms with E-state index < -0.39 is 0 Å². The monoisotopic (exact) mass is 494 g/mol. The van der Waals surface area contributed by atoms with Gasteiger partial charge in [-0.3, -0.25) is 14.7 Å². The number of pyridine rings is 1. The molecule has 0 unspecified atom stereocenters. The predicted octanol–water partition coefficient (Wildman–Crippen LogP) is 4.27. The standard InChI is InChI=1S/C29H30N6O2/c36-28(34-18-24(19-34)33-14-3-4-15-33)26-20-35(27-8-2-1-7-25(26)27)23-11-9-22(10-12-23)32-29(37)31-17-21-6-5-13-30-16-21/h1-2,5-13,16,20,24H,3-4,14-15,17-19H2,(H2,31,32,37). The smallest absolute Gasteiger partial charge is 0.319 e.